The Balaban J connectivity index is 2.60. The van der Waals surface area contributed by atoms with Gasteiger partial charge in [0.25, 0.3) is 0 Å². The lowest BCUT2D eigenvalue weighted by Crippen LogP contribution is -2.22. The van der Waals surface area contributed by atoms with Crippen molar-refractivity contribution in [2.24, 2.45) is 11.7 Å². The van der Waals surface area contributed by atoms with Crippen molar-refractivity contribution in [3.63, 3.8) is 0 Å². The molecular formula is C12H17NO2S. The fraction of sp³-hybridized carbons (Fsp3) is 0.417. The molecule has 1 amide bonds. The zero-order valence-corrected chi connectivity index (χ0v) is 10.3. The first-order valence-corrected chi connectivity index (χ1v) is 6.19. The van der Waals surface area contributed by atoms with E-state index in [9.17, 15) is 9.90 Å². The average Bonchev–Trinajstić information content (AvgIpc) is 2.26. The third kappa shape index (κ3) is 3.87. The van der Waals surface area contributed by atoms with Crippen LogP contribution < -0.4 is 5.73 Å². The lowest BCUT2D eigenvalue weighted by molar-refractivity contribution is -0.120. The van der Waals surface area contributed by atoms with Gasteiger partial charge >= 0.3 is 0 Å². The highest BCUT2D eigenvalue weighted by Gasteiger charge is 2.09. The number of benzene rings is 1. The van der Waals surface area contributed by atoms with Crippen LogP contribution in [0.1, 0.15) is 25.5 Å². The van der Waals surface area contributed by atoms with E-state index in [0.29, 0.717) is 5.75 Å². The summed E-state index contributed by atoms with van der Waals surface area (Å²) in [6.45, 7) is 3.55. The quantitative estimate of drug-likeness (QED) is 0.772. The van der Waals surface area contributed by atoms with Crippen molar-refractivity contribution in [2.45, 2.75) is 24.8 Å². The molecule has 0 aliphatic heterocycles. The third-order valence-corrected chi connectivity index (χ3v) is 3.58. The second-order valence-electron chi connectivity index (χ2n) is 3.86. The molecule has 2 atom stereocenters. The van der Waals surface area contributed by atoms with E-state index in [0.717, 1.165) is 10.5 Å². The van der Waals surface area contributed by atoms with Crippen molar-refractivity contribution in [2.75, 3.05) is 5.75 Å². The van der Waals surface area contributed by atoms with Gasteiger partial charge in [-0.15, -0.1) is 11.8 Å². The average molecular weight is 239 g/mol. The summed E-state index contributed by atoms with van der Waals surface area (Å²) in [5, 5.41) is 9.43. The second-order valence-corrected chi connectivity index (χ2v) is 4.96. The lowest BCUT2D eigenvalue weighted by Gasteiger charge is -2.09. The van der Waals surface area contributed by atoms with E-state index in [-0.39, 0.29) is 11.8 Å². The fourth-order valence-electron chi connectivity index (χ4n) is 1.17. The molecular weight excluding hydrogens is 222 g/mol. The zero-order valence-electron chi connectivity index (χ0n) is 9.51. The molecule has 0 heterocycles. The smallest absolute Gasteiger partial charge is 0.221 e. The minimum Gasteiger partial charge on any atom is -0.389 e. The number of thioether (sulfide) groups is 1. The van der Waals surface area contributed by atoms with Crippen LogP contribution in [0.25, 0.3) is 0 Å². The Morgan fingerprint density at radius 2 is 2.19 bits per heavy atom. The molecule has 1 rings (SSSR count). The highest BCUT2D eigenvalue weighted by Crippen LogP contribution is 2.23. The molecule has 1 aromatic rings. The van der Waals surface area contributed by atoms with Gasteiger partial charge in [-0.3, -0.25) is 4.79 Å². The van der Waals surface area contributed by atoms with Gasteiger partial charge < -0.3 is 10.8 Å². The number of nitrogens with two attached hydrogens (primary N) is 1. The van der Waals surface area contributed by atoms with E-state index in [1.807, 2.05) is 31.2 Å². The van der Waals surface area contributed by atoms with Crippen LogP contribution >= 0.6 is 11.8 Å². The van der Waals surface area contributed by atoms with Crippen molar-refractivity contribution >= 4 is 17.7 Å². The molecule has 0 aliphatic rings. The summed E-state index contributed by atoms with van der Waals surface area (Å²) in [6.07, 6.45) is -0.464. The maximum Gasteiger partial charge on any atom is 0.221 e. The van der Waals surface area contributed by atoms with Crippen LogP contribution in [-0.2, 0) is 4.79 Å². The Morgan fingerprint density at radius 1 is 1.50 bits per heavy atom. The van der Waals surface area contributed by atoms with Crippen molar-refractivity contribution in [3.05, 3.63) is 29.8 Å². The molecule has 4 heteroatoms. The number of rotatable bonds is 5. The topological polar surface area (TPSA) is 63.3 Å². The van der Waals surface area contributed by atoms with Crippen LogP contribution in [0.2, 0.25) is 0 Å². The van der Waals surface area contributed by atoms with Gasteiger partial charge in [0.1, 0.15) is 0 Å². The van der Waals surface area contributed by atoms with Crippen LogP contribution in [0, 0.1) is 5.92 Å². The highest BCUT2D eigenvalue weighted by molar-refractivity contribution is 7.99. The maximum atomic E-state index is 10.9. The number of carbonyl (C=O) groups is 1. The molecule has 0 radical (unpaired) electrons. The predicted octanol–water partition coefficient (Wildman–Crippen LogP) is 1.95. The lowest BCUT2D eigenvalue weighted by atomic mass is 10.1. The Kier molecular flexibility index (Phi) is 4.83. The maximum absolute atomic E-state index is 10.9. The highest BCUT2D eigenvalue weighted by atomic mass is 32.2. The van der Waals surface area contributed by atoms with Gasteiger partial charge in [-0.2, -0.15) is 0 Å². The number of amides is 1. The number of primary amides is 1. The van der Waals surface area contributed by atoms with Gasteiger partial charge in [-0.25, -0.2) is 0 Å². The summed E-state index contributed by atoms with van der Waals surface area (Å²) in [7, 11) is 0. The van der Waals surface area contributed by atoms with Crippen LogP contribution in [0.15, 0.2) is 29.2 Å². The zero-order chi connectivity index (χ0) is 12.1. The Morgan fingerprint density at radius 3 is 2.75 bits per heavy atom. The molecule has 0 aliphatic carbocycles. The summed E-state index contributed by atoms with van der Waals surface area (Å²) in [5.41, 5.74) is 6.07. The summed E-state index contributed by atoms with van der Waals surface area (Å²) in [5.74, 6) is 0.248. The molecule has 88 valence electrons. The van der Waals surface area contributed by atoms with Gasteiger partial charge in [-0.1, -0.05) is 19.1 Å². The number of hydrogen-bond acceptors (Lipinski definition) is 3. The van der Waals surface area contributed by atoms with E-state index in [4.69, 9.17) is 5.73 Å². The van der Waals surface area contributed by atoms with Gasteiger partial charge in [-0.05, 0) is 24.6 Å². The van der Waals surface area contributed by atoms with Crippen LogP contribution in [0.4, 0.5) is 0 Å². The van der Waals surface area contributed by atoms with Crippen LogP contribution in [0.5, 0.6) is 0 Å². The molecule has 0 spiro atoms. The molecule has 3 nitrogen and oxygen atoms in total. The molecule has 3 N–H and O–H groups in total. The van der Waals surface area contributed by atoms with Gasteiger partial charge in [0.2, 0.25) is 5.91 Å². The molecule has 0 saturated heterocycles. The summed E-state index contributed by atoms with van der Waals surface area (Å²) in [4.78, 5) is 11.9. The second kappa shape index (κ2) is 5.92. The summed E-state index contributed by atoms with van der Waals surface area (Å²) in [6, 6.07) is 7.68. The molecule has 0 saturated carbocycles. The van der Waals surface area contributed by atoms with Crippen molar-refractivity contribution in [1.82, 2.24) is 0 Å². The summed E-state index contributed by atoms with van der Waals surface area (Å²) >= 11 is 1.58. The normalized spacial score (nSPS) is 14.4. The van der Waals surface area contributed by atoms with Crippen LogP contribution in [-0.4, -0.2) is 16.8 Å². The number of carbonyl (C=O) groups excluding carboxylic acids is 1. The van der Waals surface area contributed by atoms with E-state index in [1.165, 1.54) is 0 Å². The van der Waals surface area contributed by atoms with Gasteiger partial charge in [0.15, 0.2) is 0 Å². The first-order chi connectivity index (χ1) is 7.50. The predicted molar refractivity (Wildman–Crippen MR) is 66.2 cm³/mol. The Hall–Kier alpha value is -1.00. The molecule has 0 aromatic heterocycles. The van der Waals surface area contributed by atoms with Crippen molar-refractivity contribution in [1.29, 1.82) is 0 Å². The van der Waals surface area contributed by atoms with E-state index >= 15 is 0 Å². The minimum atomic E-state index is -0.464. The standard InChI is InChI=1S/C12H17NO2S/c1-8(12(13)15)7-16-11-5-3-4-10(6-11)9(2)14/h3-6,8-9,14H,7H2,1-2H3,(H2,13,15). The largest absolute Gasteiger partial charge is 0.389 e. The fourth-order valence-corrected chi connectivity index (χ4v) is 2.17. The molecule has 0 bridgehead atoms. The van der Waals surface area contributed by atoms with Crippen molar-refractivity contribution in [3.8, 4) is 0 Å². The minimum absolute atomic E-state index is 0.139. The monoisotopic (exact) mass is 239 g/mol. The molecule has 2 unspecified atom stereocenters. The SMILES string of the molecule is CC(CSc1cccc(C(C)O)c1)C(N)=O. The molecule has 1 aromatic carbocycles. The molecule has 0 fully saturated rings. The number of hydrogen-bond donors (Lipinski definition) is 2. The van der Waals surface area contributed by atoms with E-state index in [2.05, 4.69) is 0 Å². The van der Waals surface area contributed by atoms with E-state index in [1.54, 1.807) is 18.7 Å². The molecule has 16 heavy (non-hydrogen) atoms. The van der Waals surface area contributed by atoms with E-state index < -0.39 is 6.10 Å². The first-order valence-electron chi connectivity index (χ1n) is 5.21. The van der Waals surface area contributed by atoms with Gasteiger partial charge in [0.05, 0.1) is 6.10 Å². The van der Waals surface area contributed by atoms with Gasteiger partial charge in [0, 0.05) is 16.6 Å². The van der Waals surface area contributed by atoms with Crippen LogP contribution in [0.3, 0.4) is 0 Å². The third-order valence-electron chi connectivity index (χ3n) is 2.33. The van der Waals surface area contributed by atoms with Crippen molar-refractivity contribution < 1.29 is 9.90 Å². The number of aliphatic hydroxyl groups excluding tert-OH is 1. The Labute approximate surface area is 100 Å². The number of aliphatic hydroxyl groups is 1. The first kappa shape index (κ1) is 13.1. The summed E-state index contributed by atoms with van der Waals surface area (Å²) < 4.78 is 0. The Bertz CT molecular complexity index is 366.